The maximum Gasteiger partial charge on any atom is 0.251 e. The highest BCUT2D eigenvalue weighted by Crippen LogP contribution is 2.75. The number of hydrogen-bond donors (Lipinski definition) is 2. The first-order valence-corrected chi connectivity index (χ1v) is 15.4. The number of carbonyl (C=O) groups is 3. The third-order valence-corrected chi connectivity index (χ3v) is 13.8. The predicted molar refractivity (Wildman–Crippen MR) is 152 cm³/mol. The molecule has 0 aromatic rings. The molecule has 4 saturated carbocycles. The van der Waals surface area contributed by atoms with E-state index in [0.717, 1.165) is 56.4 Å². The lowest BCUT2D eigenvalue weighted by molar-refractivity contribution is -0.191. The molecule has 0 aromatic carbocycles. The molecule has 0 spiro atoms. The molecule has 0 aliphatic heterocycles. The Balaban J connectivity index is 1.57. The zero-order chi connectivity index (χ0) is 29.0. The van der Waals surface area contributed by atoms with Crippen molar-refractivity contribution in [2.24, 2.45) is 50.2 Å². The van der Waals surface area contributed by atoms with Crippen LogP contribution in [0.4, 0.5) is 0 Å². The van der Waals surface area contributed by atoms with Gasteiger partial charge in [0.25, 0.3) is 5.91 Å². The van der Waals surface area contributed by atoms with E-state index >= 15 is 0 Å². The average Bonchev–Trinajstić information content (AvgIpc) is 2.82. The largest absolute Gasteiger partial charge is 0.353 e. The van der Waals surface area contributed by atoms with Crippen LogP contribution in [0.1, 0.15) is 113 Å². The van der Waals surface area contributed by atoms with Gasteiger partial charge in [0, 0.05) is 31.3 Å². The number of hydroxylamine groups is 2. The SMILES string of the molecule is CC(=O)N[C@H]1CC[C@@]2(C)C(CC[C@]3(C)C2C(=O)C=C2C4C[C@@](C)(C(=O)N(C)O)CC[C@]4(C)CC[C@]23C)C1(C)C. The second kappa shape index (κ2) is 8.66. The fraction of sp³-hybridized carbons (Fsp3) is 0.848. The number of rotatable bonds is 2. The Labute approximate surface area is 235 Å². The Hall–Kier alpha value is -1.69. The van der Waals surface area contributed by atoms with Crippen LogP contribution < -0.4 is 5.32 Å². The standard InChI is InChI=1S/C33H52N2O4/c1-20(36)34-25-11-12-31(6)24(28(25,2)3)10-13-33(8)26(31)23(37)18-21-22-19-30(5,27(38)35(9)39)15-14-29(22,4)16-17-32(21,33)7/h18,22,24-26,39H,10-17,19H2,1-9H3,(H,34,36)/t22?,24?,25-,26?,29+,30-,31-,32+,33+/m0/s1. The molecule has 6 nitrogen and oxygen atoms in total. The summed E-state index contributed by atoms with van der Waals surface area (Å²) in [5.41, 5.74) is 0.278. The Morgan fingerprint density at radius 1 is 0.949 bits per heavy atom. The summed E-state index contributed by atoms with van der Waals surface area (Å²) in [6.07, 6.45) is 10.6. The Morgan fingerprint density at radius 2 is 1.59 bits per heavy atom. The van der Waals surface area contributed by atoms with Gasteiger partial charge in [-0.1, -0.05) is 54.0 Å². The molecule has 5 aliphatic rings. The zero-order valence-corrected chi connectivity index (χ0v) is 25.9. The van der Waals surface area contributed by atoms with E-state index in [4.69, 9.17) is 0 Å². The van der Waals surface area contributed by atoms with Crippen LogP contribution in [0.2, 0.25) is 0 Å². The number of ketones is 1. The Morgan fingerprint density at radius 3 is 2.21 bits per heavy atom. The Bertz CT molecular complexity index is 1130. The molecule has 0 radical (unpaired) electrons. The summed E-state index contributed by atoms with van der Waals surface area (Å²) in [6.45, 7) is 17.8. The summed E-state index contributed by atoms with van der Waals surface area (Å²) >= 11 is 0. The van der Waals surface area contributed by atoms with Gasteiger partial charge in [-0.15, -0.1) is 0 Å². The van der Waals surface area contributed by atoms with Crippen LogP contribution in [-0.2, 0) is 14.4 Å². The van der Waals surface area contributed by atoms with Gasteiger partial charge in [0.2, 0.25) is 5.91 Å². The van der Waals surface area contributed by atoms with E-state index < -0.39 is 5.41 Å². The highest BCUT2D eigenvalue weighted by atomic mass is 16.5. The van der Waals surface area contributed by atoms with E-state index in [1.165, 1.54) is 12.6 Å². The van der Waals surface area contributed by atoms with Gasteiger partial charge in [-0.3, -0.25) is 19.6 Å². The molecule has 0 heterocycles. The van der Waals surface area contributed by atoms with Crippen LogP contribution in [0.15, 0.2) is 11.6 Å². The van der Waals surface area contributed by atoms with Crippen molar-refractivity contribution in [1.29, 1.82) is 0 Å². The van der Waals surface area contributed by atoms with Crippen LogP contribution in [-0.4, -0.2) is 41.0 Å². The molecule has 39 heavy (non-hydrogen) atoms. The minimum atomic E-state index is -0.622. The monoisotopic (exact) mass is 540 g/mol. The molecule has 5 rings (SSSR count). The van der Waals surface area contributed by atoms with Crippen molar-refractivity contribution < 1.29 is 19.6 Å². The van der Waals surface area contributed by atoms with Crippen molar-refractivity contribution in [2.75, 3.05) is 7.05 Å². The second-order valence-corrected chi connectivity index (χ2v) is 16.2. The summed E-state index contributed by atoms with van der Waals surface area (Å²) < 4.78 is 0. The summed E-state index contributed by atoms with van der Waals surface area (Å²) in [4.78, 5) is 39.6. The van der Waals surface area contributed by atoms with Gasteiger partial charge in [-0.2, -0.15) is 0 Å². The maximum atomic E-state index is 14.5. The lowest BCUT2D eigenvalue weighted by atomic mass is 9.33. The number of carbonyl (C=O) groups excluding carboxylic acids is 3. The predicted octanol–water partition coefficient (Wildman–Crippen LogP) is 6.32. The van der Waals surface area contributed by atoms with Crippen LogP contribution in [0, 0.1) is 50.2 Å². The number of fused-ring (bicyclic) bond motifs is 7. The van der Waals surface area contributed by atoms with Crippen LogP contribution in [0.3, 0.4) is 0 Å². The van der Waals surface area contributed by atoms with Gasteiger partial charge in [-0.05, 0) is 103 Å². The van der Waals surface area contributed by atoms with Crippen molar-refractivity contribution in [2.45, 2.75) is 119 Å². The quantitative estimate of drug-likeness (QED) is 0.317. The van der Waals surface area contributed by atoms with Gasteiger partial charge in [0.05, 0.1) is 0 Å². The van der Waals surface area contributed by atoms with E-state index in [-0.39, 0.29) is 62.6 Å². The highest BCUT2D eigenvalue weighted by molar-refractivity contribution is 5.95. The lowest BCUT2D eigenvalue weighted by Crippen LogP contribution is -2.67. The molecule has 4 fully saturated rings. The molecule has 6 heteroatoms. The second-order valence-electron chi connectivity index (χ2n) is 16.2. The first-order chi connectivity index (χ1) is 17.9. The summed E-state index contributed by atoms with van der Waals surface area (Å²) in [6, 6.07) is 0.135. The maximum absolute atomic E-state index is 14.5. The smallest absolute Gasteiger partial charge is 0.251 e. The molecular formula is C33H52N2O4. The number of amides is 2. The van der Waals surface area contributed by atoms with Crippen LogP contribution in [0.5, 0.6) is 0 Å². The van der Waals surface area contributed by atoms with Gasteiger partial charge < -0.3 is 5.32 Å². The summed E-state index contributed by atoms with van der Waals surface area (Å²) in [5.74, 6) is 0.586. The number of nitrogens with one attached hydrogen (secondary N) is 1. The first kappa shape index (κ1) is 28.8. The van der Waals surface area contributed by atoms with E-state index in [2.05, 4.69) is 46.9 Å². The van der Waals surface area contributed by atoms with Crippen molar-refractivity contribution in [3.63, 3.8) is 0 Å². The van der Waals surface area contributed by atoms with E-state index in [1.54, 1.807) is 6.92 Å². The molecule has 9 atom stereocenters. The van der Waals surface area contributed by atoms with E-state index in [0.29, 0.717) is 12.3 Å². The number of allylic oxidation sites excluding steroid dienone is 2. The van der Waals surface area contributed by atoms with E-state index in [1.807, 2.05) is 13.0 Å². The number of nitrogens with zero attached hydrogens (tertiary/aromatic N) is 1. The van der Waals surface area contributed by atoms with Gasteiger partial charge in [0.15, 0.2) is 5.78 Å². The third kappa shape index (κ3) is 3.78. The van der Waals surface area contributed by atoms with Crippen molar-refractivity contribution in [1.82, 2.24) is 10.4 Å². The third-order valence-electron chi connectivity index (χ3n) is 13.8. The summed E-state index contributed by atoms with van der Waals surface area (Å²) in [7, 11) is 1.43. The minimum absolute atomic E-state index is 0.0294. The highest BCUT2D eigenvalue weighted by Gasteiger charge is 2.70. The average molecular weight is 541 g/mol. The van der Waals surface area contributed by atoms with Crippen molar-refractivity contribution in [3.05, 3.63) is 11.6 Å². The van der Waals surface area contributed by atoms with Crippen molar-refractivity contribution >= 4 is 17.6 Å². The van der Waals surface area contributed by atoms with Gasteiger partial charge in [0.1, 0.15) is 0 Å². The zero-order valence-electron chi connectivity index (χ0n) is 25.9. The normalized spacial score (nSPS) is 48.5. The fourth-order valence-electron chi connectivity index (χ4n) is 11.3. The molecule has 0 aromatic heterocycles. The minimum Gasteiger partial charge on any atom is -0.353 e. The van der Waals surface area contributed by atoms with E-state index in [9.17, 15) is 19.6 Å². The molecule has 2 amide bonds. The first-order valence-electron chi connectivity index (χ1n) is 15.4. The molecule has 0 bridgehead atoms. The Kier molecular flexibility index (Phi) is 6.40. The molecular weight excluding hydrogens is 488 g/mol. The van der Waals surface area contributed by atoms with Gasteiger partial charge in [-0.25, -0.2) is 5.06 Å². The lowest BCUT2D eigenvalue weighted by Gasteiger charge is -2.70. The molecule has 218 valence electrons. The van der Waals surface area contributed by atoms with Gasteiger partial charge >= 0.3 is 0 Å². The molecule has 3 unspecified atom stereocenters. The topological polar surface area (TPSA) is 86.7 Å². The van der Waals surface area contributed by atoms with Crippen molar-refractivity contribution in [3.8, 4) is 0 Å². The number of hydrogen-bond acceptors (Lipinski definition) is 4. The van der Waals surface area contributed by atoms with Crippen LogP contribution >= 0.6 is 0 Å². The molecule has 2 N–H and O–H groups in total. The molecule has 5 aliphatic carbocycles. The summed E-state index contributed by atoms with van der Waals surface area (Å²) in [5, 5.41) is 14.1. The molecule has 0 saturated heterocycles. The van der Waals surface area contributed by atoms with Crippen LogP contribution in [0.25, 0.3) is 0 Å². The fourth-order valence-corrected chi connectivity index (χ4v) is 11.3.